The number of likely N-dealkylation sites (tertiary alicyclic amines) is 1. The smallest absolute Gasteiger partial charge is 0.335 e. The van der Waals surface area contributed by atoms with E-state index in [4.69, 9.17) is 25.2 Å². The normalized spacial score (nSPS) is 15.0. The molecule has 0 unspecified atom stereocenters. The van der Waals surface area contributed by atoms with Crippen molar-refractivity contribution >= 4 is 23.2 Å². The van der Waals surface area contributed by atoms with Crippen molar-refractivity contribution in [1.82, 2.24) is 19.4 Å². The molecule has 4 aromatic rings. The minimum atomic E-state index is -0.995. The van der Waals surface area contributed by atoms with Crippen LogP contribution in [0, 0.1) is 23.1 Å². The molecule has 1 aliphatic rings. The van der Waals surface area contributed by atoms with Crippen LogP contribution in [0.4, 0.5) is 4.39 Å². The number of imidazole rings is 1. The van der Waals surface area contributed by atoms with Crippen molar-refractivity contribution in [1.29, 1.82) is 5.26 Å². The third-order valence-corrected chi connectivity index (χ3v) is 7.10. The van der Waals surface area contributed by atoms with Crippen LogP contribution in [-0.4, -0.2) is 49.8 Å². The second-order valence-corrected chi connectivity index (χ2v) is 9.75. The average molecular weight is 558 g/mol. The van der Waals surface area contributed by atoms with Gasteiger partial charge in [0.2, 0.25) is 0 Å². The predicted molar refractivity (Wildman–Crippen MR) is 147 cm³/mol. The van der Waals surface area contributed by atoms with Gasteiger partial charge in [0.15, 0.2) is 6.39 Å². The number of hydrogen-bond donors (Lipinski definition) is 2. The summed E-state index contributed by atoms with van der Waals surface area (Å²) < 4.78 is 21.4. The number of allylic oxidation sites excluding steroid dienone is 2. The van der Waals surface area contributed by atoms with Gasteiger partial charge in [0.05, 0.1) is 53.7 Å². The number of fused-ring (bicyclic) bond motifs is 1. The molecule has 2 aromatic carbocycles. The fourth-order valence-corrected chi connectivity index (χ4v) is 4.84. The van der Waals surface area contributed by atoms with Crippen LogP contribution in [0.25, 0.3) is 11.0 Å². The minimum Gasteiger partial charge on any atom is -0.478 e. The van der Waals surface area contributed by atoms with Crippen molar-refractivity contribution in [2.75, 3.05) is 13.1 Å². The van der Waals surface area contributed by atoms with Crippen LogP contribution in [-0.2, 0) is 24.5 Å². The van der Waals surface area contributed by atoms with E-state index in [2.05, 4.69) is 15.0 Å². The topological polar surface area (TPSA) is 156 Å². The number of rotatable bonds is 10. The van der Waals surface area contributed by atoms with Crippen LogP contribution in [0.3, 0.4) is 0 Å². The summed E-state index contributed by atoms with van der Waals surface area (Å²) in [5, 5.41) is 22.1. The lowest BCUT2D eigenvalue weighted by molar-refractivity contribution is 0.0697. The van der Waals surface area contributed by atoms with Crippen molar-refractivity contribution < 1.29 is 23.5 Å². The first kappa shape index (κ1) is 27.5. The van der Waals surface area contributed by atoms with E-state index in [1.807, 2.05) is 10.6 Å². The first-order chi connectivity index (χ1) is 19.9. The first-order valence-electron chi connectivity index (χ1n) is 13.0. The summed E-state index contributed by atoms with van der Waals surface area (Å²) in [6.45, 7) is 2.52. The summed E-state index contributed by atoms with van der Waals surface area (Å²) in [6, 6.07) is 11.0. The standard InChI is InChI=1S/C29H28FN7O4/c30-24-11-19(13-31)1-2-22(24)17-41-34-8-5-25(32)20-6-9-36(10-7-20)16-28-35-26-4-3-21(29(38)39)12-27(26)37(28)15-23-14-33-18-40-23/h1-5,8,11-12,14,18,20H,6-7,9-10,15-17,32H2,(H,38,39)/b25-5-,34-8+. The lowest BCUT2D eigenvalue weighted by atomic mass is 9.93. The molecular weight excluding hydrogens is 529 g/mol. The summed E-state index contributed by atoms with van der Waals surface area (Å²) in [5.74, 6) is 0.129. The quantitative estimate of drug-likeness (QED) is 0.217. The molecule has 0 atom stereocenters. The Morgan fingerprint density at radius 3 is 2.80 bits per heavy atom. The van der Waals surface area contributed by atoms with Gasteiger partial charge in [-0.15, -0.1) is 0 Å². The van der Waals surface area contributed by atoms with Gasteiger partial charge in [0, 0.05) is 17.2 Å². The number of hydrogen-bond acceptors (Lipinski definition) is 9. The molecule has 0 saturated carbocycles. The maximum atomic E-state index is 13.9. The Bertz CT molecular complexity index is 1630. The number of oxime groups is 1. The number of piperidine rings is 1. The highest BCUT2D eigenvalue weighted by Crippen LogP contribution is 2.25. The van der Waals surface area contributed by atoms with E-state index in [0.29, 0.717) is 30.1 Å². The molecule has 3 N–H and O–H groups in total. The summed E-state index contributed by atoms with van der Waals surface area (Å²) in [7, 11) is 0. The SMILES string of the molecule is N#Cc1ccc(CO/N=C/C=C(\N)C2CCN(Cc3nc4ccc(C(=O)O)cc4n3Cc3cnco3)CC2)c(F)c1. The largest absolute Gasteiger partial charge is 0.478 e. The Morgan fingerprint density at radius 1 is 1.27 bits per heavy atom. The van der Waals surface area contributed by atoms with Gasteiger partial charge in [-0.25, -0.2) is 19.2 Å². The number of oxazole rings is 1. The molecule has 5 rings (SSSR count). The van der Waals surface area contributed by atoms with Crippen LogP contribution >= 0.6 is 0 Å². The number of carbonyl (C=O) groups is 1. The molecular formula is C29H28FN7O4. The number of aromatic nitrogens is 3. The lowest BCUT2D eigenvalue weighted by Crippen LogP contribution is -2.35. The summed E-state index contributed by atoms with van der Waals surface area (Å²) in [6.07, 6.45) is 7.85. The van der Waals surface area contributed by atoms with Gasteiger partial charge in [-0.3, -0.25) is 4.90 Å². The lowest BCUT2D eigenvalue weighted by Gasteiger charge is -2.31. The van der Waals surface area contributed by atoms with E-state index in [-0.39, 0.29) is 23.7 Å². The maximum absolute atomic E-state index is 13.9. The first-order valence-corrected chi connectivity index (χ1v) is 13.0. The number of nitriles is 1. The zero-order valence-corrected chi connectivity index (χ0v) is 22.1. The molecule has 0 aliphatic carbocycles. The average Bonchev–Trinajstić information content (AvgIpc) is 3.61. The van der Waals surface area contributed by atoms with Crippen LogP contribution in [0.2, 0.25) is 0 Å². The fraction of sp³-hybridized carbons (Fsp3) is 0.276. The molecule has 0 spiro atoms. The number of carboxylic acid groups (broad SMARTS) is 1. The second kappa shape index (κ2) is 12.4. The molecule has 1 saturated heterocycles. The second-order valence-electron chi connectivity index (χ2n) is 9.75. The number of halogens is 1. The van der Waals surface area contributed by atoms with Crippen molar-refractivity contribution in [3.8, 4) is 6.07 Å². The Kier molecular flexibility index (Phi) is 8.36. The van der Waals surface area contributed by atoms with Crippen molar-refractivity contribution in [2.45, 2.75) is 32.5 Å². The minimum absolute atomic E-state index is 0.0565. The van der Waals surface area contributed by atoms with Crippen LogP contribution in [0.15, 0.2) is 70.3 Å². The summed E-state index contributed by atoms with van der Waals surface area (Å²) in [4.78, 5) is 27.8. The van der Waals surface area contributed by atoms with Crippen LogP contribution in [0.5, 0.6) is 0 Å². The fourth-order valence-electron chi connectivity index (χ4n) is 4.84. The molecule has 1 aliphatic heterocycles. The van der Waals surface area contributed by atoms with Crippen molar-refractivity contribution in [2.24, 2.45) is 16.8 Å². The summed E-state index contributed by atoms with van der Waals surface area (Å²) in [5.41, 5.74) is 9.20. The Balaban J connectivity index is 1.18. The van der Waals surface area contributed by atoms with Crippen molar-refractivity contribution in [3.63, 3.8) is 0 Å². The maximum Gasteiger partial charge on any atom is 0.335 e. The molecule has 1 fully saturated rings. The zero-order valence-electron chi connectivity index (χ0n) is 22.1. The van der Waals surface area contributed by atoms with E-state index in [1.54, 1.807) is 30.5 Å². The number of benzene rings is 2. The number of carboxylic acids is 1. The highest BCUT2D eigenvalue weighted by molar-refractivity contribution is 5.92. The summed E-state index contributed by atoms with van der Waals surface area (Å²) >= 11 is 0. The Morgan fingerprint density at radius 2 is 2.10 bits per heavy atom. The van der Waals surface area contributed by atoms with Gasteiger partial charge in [0.1, 0.15) is 24.0 Å². The van der Waals surface area contributed by atoms with Gasteiger partial charge >= 0.3 is 5.97 Å². The third-order valence-electron chi connectivity index (χ3n) is 7.10. The molecule has 11 nitrogen and oxygen atoms in total. The van der Waals surface area contributed by atoms with Crippen molar-refractivity contribution in [3.05, 3.63) is 94.9 Å². The number of aromatic carboxylic acids is 1. The molecule has 0 bridgehead atoms. The Hall–Kier alpha value is -5.02. The highest BCUT2D eigenvalue weighted by atomic mass is 19.1. The van der Waals surface area contributed by atoms with E-state index < -0.39 is 11.8 Å². The van der Waals surface area contributed by atoms with Gasteiger partial charge in [0.25, 0.3) is 0 Å². The molecule has 0 amide bonds. The van der Waals surface area contributed by atoms with Crippen LogP contribution < -0.4 is 5.73 Å². The van der Waals surface area contributed by atoms with Gasteiger partial charge in [-0.2, -0.15) is 5.26 Å². The third kappa shape index (κ3) is 6.59. The van der Waals surface area contributed by atoms with Gasteiger partial charge in [-0.05, 0) is 62.3 Å². The monoisotopic (exact) mass is 557 g/mol. The molecule has 3 heterocycles. The van der Waals surface area contributed by atoms with Gasteiger partial charge < -0.3 is 24.7 Å². The molecule has 2 aromatic heterocycles. The zero-order chi connectivity index (χ0) is 28.8. The van der Waals surface area contributed by atoms with E-state index >= 15 is 0 Å². The molecule has 12 heteroatoms. The highest BCUT2D eigenvalue weighted by Gasteiger charge is 2.23. The molecule has 0 radical (unpaired) electrons. The molecule has 210 valence electrons. The van der Waals surface area contributed by atoms with E-state index in [1.165, 1.54) is 24.7 Å². The number of nitrogens with two attached hydrogens (primary N) is 1. The molecule has 41 heavy (non-hydrogen) atoms. The number of nitrogens with zero attached hydrogens (tertiary/aromatic N) is 6. The van der Waals surface area contributed by atoms with E-state index in [0.717, 1.165) is 48.9 Å². The Labute approximate surface area is 235 Å². The van der Waals surface area contributed by atoms with Crippen LogP contribution in [0.1, 0.15) is 45.9 Å². The van der Waals surface area contributed by atoms with Gasteiger partial charge in [-0.1, -0.05) is 11.2 Å². The predicted octanol–water partition coefficient (Wildman–Crippen LogP) is 4.04. The van der Waals surface area contributed by atoms with E-state index in [9.17, 15) is 14.3 Å².